The van der Waals surface area contributed by atoms with Gasteiger partial charge in [-0.15, -0.1) is 0 Å². The largest absolute Gasteiger partial charge is 0.504 e. The van der Waals surface area contributed by atoms with E-state index < -0.39 is 35.5 Å². The van der Waals surface area contributed by atoms with E-state index in [0.29, 0.717) is 23.4 Å². The Balaban J connectivity index is 1.32. The van der Waals surface area contributed by atoms with Crippen LogP contribution in [0, 0.1) is 29.6 Å². The fourth-order valence-corrected chi connectivity index (χ4v) is 7.89. The molecule has 8 nitrogen and oxygen atoms in total. The number of methoxy groups -OCH3 is 1. The molecule has 1 saturated carbocycles. The maximum Gasteiger partial charge on any atom is 0.238 e. The third-order valence-corrected chi connectivity index (χ3v) is 9.98. The van der Waals surface area contributed by atoms with E-state index in [2.05, 4.69) is 13.2 Å². The molecule has 2 heterocycles. The molecule has 3 aromatic carbocycles. The van der Waals surface area contributed by atoms with Crippen molar-refractivity contribution in [3.63, 3.8) is 0 Å². The molecule has 0 spiro atoms. The Bertz CT molecular complexity index is 1810. The second kappa shape index (κ2) is 10.7. The molecule has 0 aromatic heterocycles. The quantitative estimate of drug-likeness (QED) is 0.286. The zero-order valence-electron chi connectivity index (χ0n) is 24.8. The van der Waals surface area contributed by atoms with E-state index in [1.165, 1.54) is 16.9 Å². The van der Waals surface area contributed by atoms with Crippen LogP contribution < -0.4 is 14.5 Å². The van der Waals surface area contributed by atoms with Crippen LogP contribution >= 0.6 is 0 Å². The van der Waals surface area contributed by atoms with E-state index in [9.17, 15) is 24.3 Å². The minimum absolute atomic E-state index is 0.0853. The summed E-state index contributed by atoms with van der Waals surface area (Å²) in [5, 5.41) is 10.8. The number of hydrogen-bond donors (Lipinski definition) is 1. The van der Waals surface area contributed by atoms with Gasteiger partial charge in [0.05, 0.1) is 42.2 Å². The van der Waals surface area contributed by atoms with Crippen molar-refractivity contribution in [1.29, 1.82) is 0 Å². The van der Waals surface area contributed by atoms with Gasteiger partial charge in [-0.2, -0.15) is 0 Å². The molecule has 4 amide bonds. The van der Waals surface area contributed by atoms with Crippen molar-refractivity contribution >= 4 is 47.2 Å². The Labute approximate surface area is 260 Å². The van der Waals surface area contributed by atoms with E-state index >= 15 is 0 Å². The number of carbonyl (C=O) groups is 4. The molecule has 6 unspecified atom stereocenters. The molecular formula is C37H32N2O6. The average Bonchev–Trinajstić information content (AvgIpc) is 3.47. The second-order valence-electron chi connectivity index (χ2n) is 12.1. The van der Waals surface area contributed by atoms with Crippen LogP contribution in [0.25, 0.3) is 12.2 Å². The molecule has 3 fully saturated rings. The second-order valence-corrected chi connectivity index (χ2v) is 12.1. The Kier molecular flexibility index (Phi) is 6.80. The first-order valence-electron chi connectivity index (χ1n) is 15.0. The van der Waals surface area contributed by atoms with Gasteiger partial charge in [-0.25, -0.2) is 0 Å². The van der Waals surface area contributed by atoms with Gasteiger partial charge in [0.2, 0.25) is 23.6 Å². The number of carbonyl (C=O) groups excluding carboxylic acids is 4. The number of ether oxygens (including phenoxy) is 1. The summed E-state index contributed by atoms with van der Waals surface area (Å²) < 4.78 is 5.27. The van der Waals surface area contributed by atoms with Gasteiger partial charge in [0.25, 0.3) is 0 Å². The molecule has 0 radical (unpaired) electrons. The summed E-state index contributed by atoms with van der Waals surface area (Å²) in [7, 11) is 1.46. The minimum atomic E-state index is -0.738. The summed E-state index contributed by atoms with van der Waals surface area (Å²) in [6.45, 7) is 7.55. The fourth-order valence-electron chi connectivity index (χ4n) is 7.89. The molecule has 226 valence electrons. The van der Waals surface area contributed by atoms with Gasteiger partial charge in [-0.05, 0) is 71.8 Å². The van der Waals surface area contributed by atoms with Crippen LogP contribution in [0.15, 0.2) is 91.5 Å². The first kappa shape index (κ1) is 28.5. The highest BCUT2D eigenvalue weighted by atomic mass is 16.5. The SMILES string of the molecule is C=Cc1ccc(N2C(=O)C3CC=C4C(CC5C(=O)N(c6ccc(C=C)cc6)C(=O)C5C4c4ccc(OC)c(O)c4)C3C2=O)cc1. The maximum atomic E-state index is 14.2. The average molecular weight is 601 g/mol. The normalized spacial score (nSPS) is 27.1. The van der Waals surface area contributed by atoms with E-state index in [0.717, 1.165) is 16.7 Å². The number of hydrogen-bond acceptors (Lipinski definition) is 6. The van der Waals surface area contributed by atoms with Gasteiger partial charge in [-0.1, -0.05) is 67.3 Å². The Morgan fingerprint density at radius 1 is 0.733 bits per heavy atom. The molecule has 2 aliphatic heterocycles. The number of benzene rings is 3. The summed E-state index contributed by atoms with van der Waals surface area (Å²) in [5.74, 6) is -4.71. The van der Waals surface area contributed by atoms with Crippen molar-refractivity contribution < 1.29 is 29.0 Å². The number of rotatable bonds is 6. The topological polar surface area (TPSA) is 104 Å². The molecule has 0 bridgehead atoms. The predicted octanol–water partition coefficient (Wildman–Crippen LogP) is 5.73. The van der Waals surface area contributed by atoms with Gasteiger partial charge in [0.1, 0.15) is 0 Å². The molecule has 6 atom stereocenters. The molecule has 8 heteroatoms. The lowest BCUT2D eigenvalue weighted by atomic mass is 9.57. The number of nitrogens with zero attached hydrogens (tertiary/aromatic N) is 2. The Morgan fingerprint density at radius 2 is 1.29 bits per heavy atom. The molecule has 1 N–H and O–H groups in total. The van der Waals surface area contributed by atoms with Crippen molar-refractivity contribution in [2.75, 3.05) is 16.9 Å². The highest BCUT2D eigenvalue weighted by molar-refractivity contribution is 6.24. The lowest BCUT2D eigenvalue weighted by molar-refractivity contribution is -0.126. The van der Waals surface area contributed by atoms with Crippen LogP contribution in [0.3, 0.4) is 0 Å². The summed E-state index contributed by atoms with van der Waals surface area (Å²) >= 11 is 0. The van der Waals surface area contributed by atoms with Crippen LogP contribution in [-0.2, 0) is 19.2 Å². The smallest absolute Gasteiger partial charge is 0.238 e. The number of fused-ring (bicyclic) bond motifs is 4. The van der Waals surface area contributed by atoms with E-state index in [1.807, 2.05) is 18.2 Å². The molecule has 2 aliphatic carbocycles. The van der Waals surface area contributed by atoms with Gasteiger partial charge < -0.3 is 9.84 Å². The molecule has 3 aromatic rings. The molecule has 7 rings (SSSR count). The molecule has 2 saturated heterocycles. The van der Waals surface area contributed by atoms with Crippen molar-refractivity contribution in [1.82, 2.24) is 0 Å². The summed E-state index contributed by atoms with van der Waals surface area (Å²) in [6, 6.07) is 19.2. The third kappa shape index (κ3) is 4.27. The van der Waals surface area contributed by atoms with Crippen LogP contribution in [0.5, 0.6) is 11.5 Å². The summed E-state index contributed by atoms with van der Waals surface area (Å²) in [6.07, 6.45) is 5.98. The Hall–Kier alpha value is -5.24. The minimum Gasteiger partial charge on any atom is -0.504 e. The summed E-state index contributed by atoms with van der Waals surface area (Å²) in [5.41, 5.74) is 4.21. The van der Waals surface area contributed by atoms with Crippen molar-refractivity contribution in [3.8, 4) is 11.5 Å². The third-order valence-electron chi connectivity index (χ3n) is 9.98. The predicted molar refractivity (Wildman–Crippen MR) is 170 cm³/mol. The standard InChI is InChI=1S/C37H32N2O6/c1-4-20-6-11-23(12-7-20)38-34(41)26-16-15-25-27(32(26)36(38)43)19-28-33(31(25)22-10-17-30(45-3)29(40)18-22)37(44)39(35(28)42)24-13-8-21(5-2)9-14-24/h4-15,17-18,26-28,31-33,40H,1-2,16,19H2,3H3. The highest BCUT2D eigenvalue weighted by Gasteiger charge is 2.62. The summed E-state index contributed by atoms with van der Waals surface area (Å²) in [4.78, 5) is 58.8. The number of aromatic hydroxyl groups is 1. The zero-order chi connectivity index (χ0) is 31.6. The van der Waals surface area contributed by atoms with Crippen LogP contribution in [0.4, 0.5) is 11.4 Å². The van der Waals surface area contributed by atoms with E-state index in [-0.39, 0.29) is 41.5 Å². The molecule has 45 heavy (non-hydrogen) atoms. The first-order chi connectivity index (χ1) is 21.8. The molecular weight excluding hydrogens is 568 g/mol. The van der Waals surface area contributed by atoms with Crippen LogP contribution in [0.2, 0.25) is 0 Å². The number of phenolic OH excluding ortho intramolecular Hbond substituents is 1. The van der Waals surface area contributed by atoms with Crippen LogP contribution in [0.1, 0.15) is 35.4 Å². The van der Waals surface area contributed by atoms with Gasteiger partial charge in [0.15, 0.2) is 11.5 Å². The van der Waals surface area contributed by atoms with Crippen LogP contribution in [-0.4, -0.2) is 35.8 Å². The van der Waals surface area contributed by atoms with Gasteiger partial charge >= 0.3 is 0 Å². The lowest BCUT2D eigenvalue weighted by Crippen LogP contribution is -2.43. The Morgan fingerprint density at radius 3 is 1.82 bits per heavy atom. The van der Waals surface area contributed by atoms with E-state index in [1.54, 1.807) is 66.7 Å². The number of allylic oxidation sites excluding steroid dienone is 2. The lowest BCUT2D eigenvalue weighted by Gasteiger charge is -2.44. The highest BCUT2D eigenvalue weighted by Crippen LogP contribution is 2.58. The fraction of sp³-hybridized carbons (Fsp3) is 0.243. The zero-order valence-corrected chi connectivity index (χ0v) is 24.8. The van der Waals surface area contributed by atoms with Gasteiger partial charge in [-0.3, -0.25) is 29.0 Å². The monoisotopic (exact) mass is 600 g/mol. The number of anilines is 2. The number of phenols is 1. The first-order valence-corrected chi connectivity index (χ1v) is 15.0. The van der Waals surface area contributed by atoms with Crippen molar-refractivity contribution in [2.24, 2.45) is 29.6 Å². The van der Waals surface area contributed by atoms with E-state index in [4.69, 9.17) is 4.74 Å². The maximum absolute atomic E-state index is 14.2. The van der Waals surface area contributed by atoms with Gasteiger partial charge in [0, 0.05) is 5.92 Å². The van der Waals surface area contributed by atoms with Crippen molar-refractivity contribution in [2.45, 2.75) is 18.8 Å². The molecule has 4 aliphatic rings. The number of imide groups is 2. The van der Waals surface area contributed by atoms with Crippen molar-refractivity contribution in [3.05, 3.63) is 108 Å². The number of amides is 4.